The molecule has 1 aromatic rings. The minimum absolute atomic E-state index is 0.0259. The number of nitrogens with zero attached hydrogens (tertiary/aromatic N) is 1. The third kappa shape index (κ3) is 2.23. The van der Waals surface area contributed by atoms with Crippen molar-refractivity contribution in [2.75, 3.05) is 12.3 Å². The molecule has 3 rings (SSSR count). The molecule has 1 aromatic heterocycles. The summed E-state index contributed by atoms with van der Waals surface area (Å²) < 4.78 is 0. The van der Waals surface area contributed by atoms with Crippen molar-refractivity contribution in [1.29, 1.82) is 0 Å². The summed E-state index contributed by atoms with van der Waals surface area (Å²) in [6, 6.07) is 0. The van der Waals surface area contributed by atoms with E-state index in [2.05, 4.69) is 10.3 Å². The molecule has 1 amide bonds. The maximum absolute atomic E-state index is 11.9. The first kappa shape index (κ1) is 12.0. The maximum Gasteiger partial charge on any atom is 0.263 e. The fraction of sp³-hybridized carbons (Fsp3) is 0.692. The average molecular weight is 265 g/mol. The Bertz CT molecular complexity index is 451. The number of rotatable bonds is 3. The number of anilines is 1. The zero-order valence-corrected chi connectivity index (χ0v) is 11.3. The second-order valence-electron chi connectivity index (χ2n) is 5.60. The fourth-order valence-corrected chi connectivity index (χ4v) is 3.89. The van der Waals surface area contributed by atoms with Crippen LogP contribution in [-0.2, 0) is 0 Å². The Kier molecular flexibility index (Phi) is 3.01. The third-order valence-corrected chi connectivity index (χ3v) is 5.29. The Morgan fingerprint density at radius 2 is 2.28 bits per heavy atom. The molecule has 0 aliphatic heterocycles. The second kappa shape index (κ2) is 4.53. The van der Waals surface area contributed by atoms with Gasteiger partial charge in [-0.3, -0.25) is 4.79 Å². The number of nitrogens with two attached hydrogens (primary N) is 1. The summed E-state index contributed by atoms with van der Waals surface area (Å²) in [7, 11) is 0. The maximum atomic E-state index is 11.9. The molecule has 0 aromatic carbocycles. The number of nitrogens with one attached hydrogen (secondary N) is 1. The van der Waals surface area contributed by atoms with Crippen molar-refractivity contribution in [1.82, 2.24) is 10.3 Å². The molecule has 0 bridgehead atoms. The quantitative estimate of drug-likeness (QED) is 0.882. The largest absolute Gasteiger partial charge is 0.375 e. The zero-order chi connectivity index (χ0) is 12.6. The number of carbonyl (C=O) groups is 1. The van der Waals surface area contributed by atoms with Crippen LogP contribution in [0.2, 0.25) is 0 Å². The molecule has 1 heterocycles. The van der Waals surface area contributed by atoms with Gasteiger partial charge in [-0.1, -0.05) is 30.6 Å². The van der Waals surface area contributed by atoms with Gasteiger partial charge in [-0.25, -0.2) is 4.98 Å². The SMILES string of the molecule is Nc1ncc(C(=O)NC[C@@H]2CC23CCCCC3)s1. The molecular formula is C13H19N3OS. The molecule has 0 radical (unpaired) electrons. The smallest absolute Gasteiger partial charge is 0.263 e. The molecule has 2 aliphatic rings. The van der Waals surface area contributed by atoms with Gasteiger partial charge < -0.3 is 11.1 Å². The summed E-state index contributed by atoms with van der Waals surface area (Å²) in [6.07, 6.45) is 9.71. The lowest BCUT2D eigenvalue weighted by Crippen LogP contribution is -2.27. The Morgan fingerprint density at radius 3 is 2.94 bits per heavy atom. The summed E-state index contributed by atoms with van der Waals surface area (Å²) >= 11 is 1.25. The fourth-order valence-electron chi connectivity index (χ4n) is 3.28. The predicted octanol–water partition coefficient (Wildman–Crippen LogP) is 2.43. The molecule has 4 nitrogen and oxygen atoms in total. The highest BCUT2D eigenvalue weighted by atomic mass is 32.1. The van der Waals surface area contributed by atoms with Crippen molar-refractivity contribution in [3.8, 4) is 0 Å². The number of hydrogen-bond donors (Lipinski definition) is 2. The van der Waals surface area contributed by atoms with Crippen LogP contribution >= 0.6 is 11.3 Å². The van der Waals surface area contributed by atoms with Crippen LogP contribution < -0.4 is 11.1 Å². The predicted molar refractivity (Wildman–Crippen MR) is 72.5 cm³/mol. The lowest BCUT2D eigenvalue weighted by Gasteiger charge is -2.22. The zero-order valence-electron chi connectivity index (χ0n) is 10.4. The molecular weight excluding hydrogens is 246 g/mol. The van der Waals surface area contributed by atoms with Gasteiger partial charge >= 0.3 is 0 Å². The van der Waals surface area contributed by atoms with Crippen molar-refractivity contribution < 1.29 is 4.79 Å². The first-order valence-corrected chi connectivity index (χ1v) is 7.51. The van der Waals surface area contributed by atoms with Crippen LogP contribution in [0.3, 0.4) is 0 Å². The van der Waals surface area contributed by atoms with E-state index in [0.29, 0.717) is 21.3 Å². The van der Waals surface area contributed by atoms with Crippen LogP contribution in [0, 0.1) is 11.3 Å². The Hall–Kier alpha value is -1.10. The van der Waals surface area contributed by atoms with E-state index in [4.69, 9.17) is 5.73 Å². The van der Waals surface area contributed by atoms with E-state index in [0.717, 1.165) is 6.54 Å². The monoisotopic (exact) mass is 265 g/mol. The van der Waals surface area contributed by atoms with Crippen molar-refractivity contribution >= 4 is 22.4 Å². The Morgan fingerprint density at radius 1 is 1.50 bits per heavy atom. The average Bonchev–Trinajstić information content (AvgIpc) is 2.83. The van der Waals surface area contributed by atoms with Gasteiger partial charge in [0, 0.05) is 6.54 Å². The number of nitrogen functional groups attached to an aromatic ring is 1. The standard InChI is InChI=1S/C13H19N3OS/c14-12-16-8-10(18-12)11(17)15-7-9-6-13(9)4-2-1-3-5-13/h8-9H,1-7H2,(H2,14,16)(H,15,17)/t9-/m0/s1. The van der Waals surface area contributed by atoms with Crippen molar-refractivity contribution in [3.63, 3.8) is 0 Å². The minimum Gasteiger partial charge on any atom is -0.375 e. The van der Waals surface area contributed by atoms with Gasteiger partial charge in [0.05, 0.1) is 6.20 Å². The normalized spacial score (nSPS) is 25.0. The van der Waals surface area contributed by atoms with Gasteiger partial charge in [0.1, 0.15) is 4.88 Å². The summed E-state index contributed by atoms with van der Waals surface area (Å²) in [5.41, 5.74) is 6.11. The van der Waals surface area contributed by atoms with Gasteiger partial charge in [-0.15, -0.1) is 0 Å². The van der Waals surface area contributed by atoms with E-state index in [1.807, 2.05) is 0 Å². The van der Waals surface area contributed by atoms with E-state index in [9.17, 15) is 4.79 Å². The lowest BCUT2D eigenvalue weighted by atomic mass is 9.84. The number of thiazole rings is 1. The van der Waals surface area contributed by atoms with Crippen LogP contribution in [0.5, 0.6) is 0 Å². The summed E-state index contributed by atoms with van der Waals surface area (Å²) in [5.74, 6) is 0.675. The van der Waals surface area contributed by atoms with E-state index >= 15 is 0 Å². The highest BCUT2D eigenvalue weighted by molar-refractivity contribution is 7.17. The van der Waals surface area contributed by atoms with Crippen LogP contribution in [0.25, 0.3) is 0 Å². The van der Waals surface area contributed by atoms with E-state index < -0.39 is 0 Å². The van der Waals surface area contributed by atoms with Crippen LogP contribution in [0.1, 0.15) is 48.2 Å². The molecule has 2 aliphatic carbocycles. The molecule has 98 valence electrons. The second-order valence-corrected chi connectivity index (χ2v) is 6.66. The van der Waals surface area contributed by atoms with Crippen molar-refractivity contribution in [3.05, 3.63) is 11.1 Å². The molecule has 1 spiro atoms. The Labute approximate surface area is 111 Å². The number of carbonyl (C=O) groups excluding carboxylic acids is 1. The molecule has 2 fully saturated rings. The molecule has 18 heavy (non-hydrogen) atoms. The number of amides is 1. The number of aromatic nitrogens is 1. The van der Waals surface area contributed by atoms with E-state index in [-0.39, 0.29) is 5.91 Å². The van der Waals surface area contributed by atoms with E-state index in [1.165, 1.54) is 49.9 Å². The molecule has 0 unspecified atom stereocenters. The lowest BCUT2D eigenvalue weighted by molar-refractivity contribution is 0.0953. The van der Waals surface area contributed by atoms with Gasteiger partial charge in [0.2, 0.25) is 0 Å². The minimum atomic E-state index is -0.0259. The summed E-state index contributed by atoms with van der Waals surface area (Å²) in [4.78, 5) is 16.4. The van der Waals surface area contributed by atoms with Crippen LogP contribution in [0.15, 0.2) is 6.20 Å². The topological polar surface area (TPSA) is 68.0 Å². The molecule has 0 saturated heterocycles. The van der Waals surface area contributed by atoms with Crippen LogP contribution in [0.4, 0.5) is 5.13 Å². The highest BCUT2D eigenvalue weighted by Crippen LogP contribution is 2.60. The van der Waals surface area contributed by atoms with Gasteiger partial charge in [0.25, 0.3) is 5.91 Å². The molecule has 5 heteroatoms. The molecule has 3 N–H and O–H groups in total. The first-order valence-electron chi connectivity index (χ1n) is 6.69. The molecule has 1 atom stereocenters. The third-order valence-electron chi connectivity index (χ3n) is 4.46. The van der Waals surface area contributed by atoms with E-state index in [1.54, 1.807) is 6.20 Å². The van der Waals surface area contributed by atoms with Crippen molar-refractivity contribution in [2.45, 2.75) is 38.5 Å². The number of hydrogen-bond acceptors (Lipinski definition) is 4. The first-order chi connectivity index (χ1) is 8.70. The van der Waals surface area contributed by atoms with Gasteiger partial charge in [-0.2, -0.15) is 0 Å². The summed E-state index contributed by atoms with van der Waals surface area (Å²) in [6.45, 7) is 0.816. The van der Waals surface area contributed by atoms with Crippen LogP contribution in [-0.4, -0.2) is 17.4 Å². The highest BCUT2D eigenvalue weighted by Gasteiger charge is 2.53. The van der Waals surface area contributed by atoms with Gasteiger partial charge in [0.15, 0.2) is 5.13 Å². The van der Waals surface area contributed by atoms with Gasteiger partial charge in [-0.05, 0) is 30.6 Å². The Balaban J connectivity index is 1.49. The molecule has 2 saturated carbocycles. The van der Waals surface area contributed by atoms with Crippen molar-refractivity contribution in [2.24, 2.45) is 11.3 Å². The summed E-state index contributed by atoms with van der Waals surface area (Å²) in [5, 5.41) is 3.48.